The highest BCUT2D eigenvalue weighted by Gasteiger charge is 2.34. The lowest BCUT2D eigenvalue weighted by Crippen LogP contribution is -2.46. The molecule has 1 N–H and O–H groups in total. The van der Waals surface area contributed by atoms with Gasteiger partial charge in [0, 0.05) is 32.7 Å². The van der Waals surface area contributed by atoms with E-state index in [-0.39, 0.29) is 23.1 Å². The van der Waals surface area contributed by atoms with Crippen molar-refractivity contribution in [1.82, 2.24) is 4.90 Å². The van der Waals surface area contributed by atoms with Crippen molar-refractivity contribution in [3.63, 3.8) is 0 Å². The largest absolute Gasteiger partial charge is 0.507 e. The molecule has 168 valence electrons. The lowest BCUT2D eigenvalue weighted by atomic mass is 9.99. The second-order valence-electron chi connectivity index (χ2n) is 8.46. The van der Waals surface area contributed by atoms with E-state index in [0.717, 1.165) is 5.56 Å². The zero-order chi connectivity index (χ0) is 22.9. The van der Waals surface area contributed by atoms with Crippen LogP contribution in [-0.4, -0.2) is 42.0 Å². The molecule has 0 aliphatic carbocycles. The summed E-state index contributed by atoms with van der Waals surface area (Å²) in [7, 11) is 0. The van der Waals surface area contributed by atoms with Gasteiger partial charge in [-0.1, -0.05) is 42.5 Å². The summed E-state index contributed by atoms with van der Waals surface area (Å²) < 4.78 is 20.2. The molecule has 3 aromatic rings. The maximum Gasteiger partial charge on any atom is 0.232 e. The van der Waals surface area contributed by atoms with Gasteiger partial charge in [0.25, 0.3) is 0 Å². The molecule has 6 heteroatoms. The third-order valence-electron chi connectivity index (χ3n) is 6.27. The van der Waals surface area contributed by atoms with Crippen LogP contribution in [0.15, 0.2) is 66.4 Å². The molecule has 2 aliphatic heterocycles. The van der Waals surface area contributed by atoms with Crippen LogP contribution in [0.2, 0.25) is 0 Å². The van der Waals surface area contributed by atoms with Gasteiger partial charge in [-0.15, -0.1) is 0 Å². The molecule has 33 heavy (non-hydrogen) atoms. The average Bonchev–Trinajstić information content (AvgIpc) is 3.14. The Labute approximate surface area is 192 Å². The summed E-state index contributed by atoms with van der Waals surface area (Å²) in [5.74, 6) is 0.435. The Bertz CT molecular complexity index is 1230. The van der Waals surface area contributed by atoms with Gasteiger partial charge in [-0.05, 0) is 42.3 Å². The van der Waals surface area contributed by atoms with E-state index >= 15 is 0 Å². The second-order valence-corrected chi connectivity index (χ2v) is 8.46. The number of piperazine rings is 1. The molecule has 0 atom stereocenters. The van der Waals surface area contributed by atoms with Crippen molar-refractivity contribution in [3.05, 3.63) is 94.5 Å². The lowest BCUT2D eigenvalue weighted by molar-refractivity contribution is 0.101. The number of aromatic hydroxyl groups is 1. The Morgan fingerprint density at radius 3 is 2.45 bits per heavy atom. The van der Waals surface area contributed by atoms with Crippen LogP contribution in [0.4, 0.5) is 10.1 Å². The number of hydrogen-bond donors (Lipinski definition) is 1. The van der Waals surface area contributed by atoms with Crippen LogP contribution in [0.25, 0.3) is 6.08 Å². The molecule has 2 aliphatic rings. The van der Waals surface area contributed by atoms with Gasteiger partial charge < -0.3 is 14.7 Å². The fourth-order valence-electron chi connectivity index (χ4n) is 4.51. The number of phenols is 1. The summed E-state index contributed by atoms with van der Waals surface area (Å²) in [4.78, 5) is 17.3. The molecule has 1 fully saturated rings. The van der Waals surface area contributed by atoms with E-state index in [1.54, 1.807) is 24.3 Å². The van der Waals surface area contributed by atoms with E-state index in [1.165, 1.54) is 6.07 Å². The van der Waals surface area contributed by atoms with E-state index in [2.05, 4.69) is 4.90 Å². The van der Waals surface area contributed by atoms with Crippen molar-refractivity contribution in [1.29, 1.82) is 0 Å². The van der Waals surface area contributed by atoms with Crippen molar-refractivity contribution in [3.8, 4) is 11.5 Å². The van der Waals surface area contributed by atoms with Gasteiger partial charge in [0.1, 0.15) is 17.3 Å². The molecular formula is C27H25FN2O3. The number of ether oxygens (including phenoxy) is 1. The van der Waals surface area contributed by atoms with Crippen LogP contribution in [0.3, 0.4) is 0 Å². The van der Waals surface area contributed by atoms with Gasteiger partial charge >= 0.3 is 0 Å². The number of para-hydroxylation sites is 1. The minimum atomic E-state index is -0.218. The molecule has 0 spiro atoms. The predicted octanol–water partition coefficient (Wildman–Crippen LogP) is 4.78. The number of halogens is 1. The number of hydrogen-bond acceptors (Lipinski definition) is 5. The monoisotopic (exact) mass is 444 g/mol. The Morgan fingerprint density at radius 1 is 1.03 bits per heavy atom. The summed E-state index contributed by atoms with van der Waals surface area (Å²) >= 11 is 0. The van der Waals surface area contributed by atoms with Gasteiger partial charge in [-0.25, -0.2) is 4.39 Å². The highest BCUT2D eigenvalue weighted by atomic mass is 19.1. The van der Waals surface area contributed by atoms with Gasteiger partial charge in [-0.3, -0.25) is 9.69 Å². The maximum absolute atomic E-state index is 14.1. The van der Waals surface area contributed by atoms with Gasteiger partial charge in [0.2, 0.25) is 5.78 Å². The van der Waals surface area contributed by atoms with E-state index in [1.807, 2.05) is 48.2 Å². The number of fused-ring (bicyclic) bond motifs is 1. The van der Waals surface area contributed by atoms with Crippen molar-refractivity contribution < 1.29 is 19.0 Å². The van der Waals surface area contributed by atoms with Crippen LogP contribution in [-0.2, 0) is 6.54 Å². The van der Waals surface area contributed by atoms with Crippen LogP contribution in [0, 0.1) is 12.7 Å². The number of Topliss-reactive ketones (excluding diaryl/α,β-unsaturated/α-hetero) is 1. The standard InChI is InChI=1S/C27H25FN2O3/c1-18-15-23(31)20(17-29-11-13-30(14-12-29)22-10-6-5-9-21(22)28)27-25(18)26(32)24(33-27)16-19-7-3-2-4-8-19/h2-10,15-16,31H,11-14,17H2,1H3/b24-16-. The molecule has 2 heterocycles. The molecule has 0 bridgehead atoms. The fourth-order valence-corrected chi connectivity index (χ4v) is 4.51. The van der Waals surface area contributed by atoms with Crippen LogP contribution in [0.1, 0.15) is 27.0 Å². The quantitative estimate of drug-likeness (QED) is 0.587. The SMILES string of the molecule is Cc1cc(O)c(CN2CCN(c3ccccc3F)CC2)c2c1C(=O)/C(=C/c1ccccc1)O2. The first-order valence-corrected chi connectivity index (χ1v) is 11.1. The minimum Gasteiger partial charge on any atom is -0.507 e. The normalized spacial score (nSPS) is 17.3. The second kappa shape index (κ2) is 8.71. The highest BCUT2D eigenvalue weighted by molar-refractivity contribution is 6.15. The van der Waals surface area contributed by atoms with Gasteiger partial charge in [0.15, 0.2) is 5.76 Å². The highest BCUT2D eigenvalue weighted by Crippen LogP contribution is 2.42. The first kappa shape index (κ1) is 21.2. The number of allylic oxidation sites excluding steroid dienone is 1. The molecule has 0 saturated carbocycles. The maximum atomic E-state index is 14.1. The van der Waals surface area contributed by atoms with Crippen molar-refractivity contribution in [2.75, 3.05) is 31.1 Å². The third kappa shape index (κ3) is 4.10. The summed E-state index contributed by atoms with van der Waals surface area (Å²) in [5.41, 5.74) is 3.30. The number of ketones is 1. The number of aryl methyl sites for hydroxylation is 1. The number of carbonyl (C=O) groups excluding carboxylic acids is 1. The van der Waals surface area contributed by atoms with Crippen LogP contribution in [0.5, 0.6) is 11.5 Å². The zero-order valence-corrected chi connectivity index (χ0v) is 18.4. The van der Waals surface area contributed by atoms with Gasteiger partial charge in [0.05, 0.1) is 16.8 Å². The molecule has 0 amide bonds. The van der Waals surface area contributed by atoms with Crippen molar-refractivity contribution in [2.45, 2.75) is 13.5 Å². The smallest absolute Gasteiger partial charge is 0.232 e. The Balaban J connectivity index is 1.37. The van der Waals surface area contributed by atoms with Crippen molar-refractivity contribution in [2.24, 2.45) is 0 Å². The number of rotatable bonds is 4. The molecular weight excluding hydrogens is 419 g/mol. The Hall–Kier alpha value is -3.64. The van der Waals surface area contributed by atoms with Gasteiger partial charge in [-0.2, -0.15) is 0 Å². The van der Waals surface area contributed by atoms with E-state index in [0.29, 0.717) is 60.9 Å². The molecule has 5 rings (SSSR count). The Kier molecular flexibility index (Phi) is 5.60. The molecule has 0 radical (unpaired) electrons. The van der Waals surface area contributed by atoms with Crippen molar-refractivity contribution >= 4 is 17.5 Å². The molecule has 0 aromatic heterocycles. The molecule has 0 unspecified atom stereocenters. The first-order valence-electron chi connectivity index (χ1n) is 11.1. The number of anilines is 1. The number of phenolic OH excluding ortho intramolecular Hbond substituents is 1. The summed E-state index contributed by atoms with van der Waals surface area (Å²) in [6.45, 7) is 5.02. The number of nitrogens with zero attached hydrogens (tertiary/aromatic N) is 2. The average molecular weight is 445 g/mol. The Morgan fingerprint density at radius 2 is 1.73 bits per heavy atom. The summed E-state index contributed by atoms with van der Waals surface area (Å²) in [5, 5.41) is 10.7. The lowest BCUT2D eigenvalue weighted by Gasteiger charge is -2.36. The first-order chi connectivity index (χ1) is 16.0. The molecule has 1 saturated heterocycles. The minimum absolute atomic E-state index is 0.122. The number of carbonyl (C=O) groups is 1. The summed E-state index contributed by atoms with van der Waals surface area (Å²) in [6, 6.07) is 18.0. The third-order valence-corrected chi connectivity index (χ3v) is 6.27. The fraction of sp³-hybridized carbons (Fsp3) is 0.222. The predicted molar refractivity (Wildman–Crippen MR) is 126 cm³/mol. The molecule has 5 nitrogen and oxygen atoms in total. The number of benzene rings is 3. The van der Waals surface area contributed by atoms with E-state index < -0.39 is 0 Å². The van der Waals surface area contributed by atoms with Crippen LogP contribution >= 0.6 is 0 Å². The zero-order valence-electron chi connectivity index (χ0n) is 18.4. The van der Waals surface area contributed by atoms with E-state index in [9.17, 15) is 14.3 Å². The molecule has 3 aromatic carbocycles. The van der Waals surface area contributed by atoms with E-state index in [4.69, 9.17) is 4.74 Å². The topological polar surface area (TPSA) is 53.0 Å². The summed E-state index contributed by atoms with van der Waals surface area (Å²) in [6.07, 6.45) is 1.73. The van der Waals surface area contributed by atoms with Crippen LogP contribution < -0.4 is 9.64 Å².